The van der Waals surface area contributed by atoms with Crippen molar-refractivity contribution >= 4 is 0 Å². The van der Waals surface area contributed by atoms with Crippen molar-refractivity contribution in [2.24, 2.45) is 13.0 Å². The van der Waals surface area contributed by atoms with Crippen LogP contribution in [0, 0.1) is 5.92 Å². The maximum absolute atomic E-state index is 9.16. The van der Waals surface area contributed by atoms with Gasteiger partial charge in [-0.2, -0.15) is 0 Å². The number of aryl methyl sites for hydroxylation is 1. The average molecular weight is 208 g/mol. The van der Waals surface area contributed by atoms with Crippen LogP contribution in [-0.4, -0.2) is 34.3 Å². The van der Waals surface area contributed by atoms with Gasteiger partial charge < -0.3 is 9.67 Å². The van der Waals surface area contributed by atoms with Gasteiger partial charge in [0.2, 0.25) is 0 Å². The van der Waals surface area contributed by atoms with E-state index in [1.54, 1.807) is 0 Å². The summed E-state index contributed by atoms with van der Waals surface area (Å²) in [6, 6.07) is 4.26. The number of aliphatic hydroxyl groups excluding tert-OH is 1. The first-order valence-corrected chi connectivity index (χ1v) is 5.73. The molecule has 0 amide bonds. The summed E-state index contributed by atoms with van der Waals surface area (Å²) in [5.41, 5.74) is 1.36. The number of likely N-dealkylation sites (tertiary alicyclic amines) is 1. The van der Waals surface area contributed by atoms with Crippen LogP contribution in [-0.2, 0) is 13.6 Å². The molecule has 1 atom stereocenters. The first-order valence-electron chi connectivity index (χ1n) is 5.73. The predicted molar refractivity (Wildman–Crippen MR) is 60.5 cm³/mol. The maximum atomic E-state index is 9.16. The van der Waals surface area contributed by atoms with Crippen molar-refractivity contribution in [2.75, 3.05) is 19.7 Å². The lowest BCUT2D eigenvalue weighted by Crippen LogP contribution is -2.36. The Hall–Kier alpha value is -0.800. The van der Waals surface area contributed by atoms with Gasteiger partial charge in [-0.3, -0.25) is 4.90 Å². The molecule has 0 bridgehead atoms. The number of piperidine rings is 1. The zero-order valence-corrected chi connectivity index (χ0v) is 9.39. The molecule has 0 radical (unpaired) electrons. The Morgan fingerprint density at radius 3 is 3.07 bits per heavy atom. The van der Waals surface area contributed by atoms with E-state index in [1.807, 2.05) is 0 Å². The van der Waals surface area contributed by atoms with E-state index in [0.29, 0.717) is 12.5 Å². The molecule has 84 valence electrons. The third kappa shape index (κ3) is 2.61. The third-order valence-electron chi connectivity index (χ3n) is 3.30. The van der Waals surface area contributed by atoms with Gasteiger partial charge in [0, 0.05) is 38.6 Å². The fourth-order valence-electron chi connectivity index (χ4n) is 2.33. The van der Waals surface area contributed by atoms with Crippen molar-refractivity contribution in [2.45, 2.75) is 19.4 Å². The van der Waals surface area contributed by atoms with Gasteiger partial charge in [-0.05, 0) is 37.4 Å². The van der Waals surface area contributed by atoms with E-state index in [1.165, 1.54) is 25.1 Å². The summed E-state index contributed by atoms with van der Waals surface area (Å²) in [5, 5.41) is 9.16. The minimum Gasteiger partial charge on any atom is -0.396 e. The fraction of sp³-hybridized carbons (Fsp3) is 0.667. The highest BCUT2D eigenvalue weighted by atomic mass is 16.3. The Balaban J connectivity index is 1.92. The average Bonchev–Trinajstić information content (AvgIpc) is 2.65. The third-order valence-corrected chi connectivity index (χ3v) is 3.30. The molecule has 0 aromatic carbocycles. The van der Waals surface area contributed by atoms with E-state index in [0.717, 1.165) is 13.1 Å². The van der Waals surface area contributed by atoms with Crippen LogP contribution in [0.5, 0.6) is 0 Å². The smallest absolute Gasteiger partial charge is 0.0471 e. The van der Waals surface area contributed by atoms with Gasteiger partial charge in [0.15, 0.2) is 0 Å². The van der Waals surface area contributed by atoms with E-state index in [2.05, 4.69) is 34.8 Å². The summed E-state index contributed by atoms with van der Waals surface area (Å²) >= 11 is 0. The molecule has 0 aliphatic carbocycles. The molecule has 15 heavy (non-hydrogen) atoms. The van der Waals surface area contributed by atoms with Crippen LogP contribution >= 0.6 is 0 Å². The first kappa shape index (κ1) is 10.7. The highest BCUT2D eigenvalue weighted by Crippen LogP contribution is 2.17. The van der Waals surface area contributed by atoms with Crippen molar-refractivity contribution in [1.29, 1.82) is 0 Å². The molecule has 3 heteroatoms. The molecule has 1 saturated heterocycles. The predicted octanol–water partition coefficient (Wildman–Crippen LogP) is 1.23. The maximum Gasteiger partial charge on any atom is 0.0471 e. The minimum absolute atomic E-state index is 0.337. The molecule has 3 nitrogen and oxygen atoms in total. The van der Waals surface area contributed by atoms with Crippen molar-refractivity contribution < 1.29 is 5.11 Å². The second kappa shape index (κ2) is 4.81. The Kier molecular flexibility index (Phi) is 3.44. The van der Waals surface area contributed by atoms with Crippen molar-refractivity contribution in [1.82, 2.24) is 9.47 Å². The molecule has 1 fully saturated rings. The van der Waals surface area contributed by atoms with Gasteiger partial charge in [0.25, 0.3) is 0 Å². The Labute approximate surface area is 91.3 Å². The Bertz CT molecular complexity index is 308. The molecule has 0 saturated carbocycles. The summed E-state index contributed by atoms with van der Waals surface area (Å²) in [6.45, 7) is 3.56. The van der Waals surface area contributed by atoms with E-state index >= 15 is 0 Å². The lowest BCUT2D eigenvalue weighted by molar-refractivity contribution is 0.114. The van der Waals surface area contributed by atoms with Gasteiger partial charge in [-0.15, -0.1) is 0 Å². The number of hydrogen-bond donors (Lipinski definition) is 1. The summed E-state index contributed by atoms with van der Waals surface area (Å²) < 4.78 is 2.17. The molecule has 1 aromatic heterocycles. The summed E-state index contributed by atoms with van der Waals surface area (Å²) in [6.07, 6.45) is 4.48. The zero-order valence-electron chi connectivity index (χ0n) is 9.39. The number of aliphatic hydroxyl groups is 1. The van der Waals surface area contributed by atoms with Crippen molar-refractivity contribution in [3.63, 3.8) is 0 Å². The zero-order chi connectivity index (χ0) is 10.7. The van der Waals surface area contributed by atoms with E-state index in [9.17, 15) is 0 Å². The highest BCUT2D eigenvalue weighted by molar-refractivity contribution is 5.06. The molecular formula is C12H20N2O. The number of nitrogens with zero attached hydrogens (tertiary/aromatic N) is 2. The van der Waals surface area contributed by atoms with Crippen molar-refractivity contribution in [3.8, 4) is 0 Å². The molecule has 1 aliphatic rings. The van der Waals surface area contributed by atoms with Gasteiger partial charge in [-0.1, -0.05) is 0 Å². The van der Waals surface area contributed by atoms with Crippen LogP contribution in [0.4, 0.5) is 0 Å². The second-order valence-corrected chi connectivity index (χ2v) is 4.54. The van der Waals surface area contributed by atoms with Crippen LogP contribution in [0.15, 0.2) is 18.3 Å². The SMILES string of the molecule is Cn1cccc1CN1CCCC(CO)C1. The van der Waals surface area contributed by atoms with Gasteiger partial charge in [0.05, 0.1) is 0 Å². The summed E-state index contributed by atoms with van der Waals surface area (Å²) in [7, 11) is 2.09. The second-order valence-electron chi connectivity index (χ2n) is 4.54. The van der Waals surface area contributed by atoms with Gasteiger partial charge >= 0.3 is 0 Å². The molecule has 0 spiro atoms. The molecule has 1 N–H and O–H groups in total. The van der Waals surface area contributed by atoms with Crippen LogP contribution in [0.1, 0.15) is 18.5 Å². The minimum atomic E-state index is 0.337. The highest BCUT2D eigenvalue weighted by Gasteiger charge is 2.19. The van der Waals surface area contributed by atoms with Crippen LogP contribution < -0.4 is 0 Å². The standard InChI is InChI=1S/C12H20N2O/c1-13-6-3-5-12(13)9-14-7-2-4-11(8-14)10-15/h3,5-6,11,15H,2,4,7-10H2,1H3. The molecule has 1 aliphatic heterocycles. The lowest BCUT2D eigenvalue weighted by atomic mass is 9.99. The number of aromatic nitrogens is 1. The van der Waals surface area contributed by atoms with E-state index < -0.39 is 0 Å². The molecule has 2 heterocycles. The molecule has 1 unspecified atom stereocenters. The van der Waals surface area contributed by atoms with Crippen LogP contribution in [0.2, 0.25) is 0 Å². The monoisotopic (exact) mass is 208 g/mol. The van der Waals surface area contributed by atoms with Crippen LogP contribution in [0.3, 0.4) is 0 Å². The molecular weight excluding hydrogens is 188 g/mol. The molecule has 1 aromatic rings. The van der Waals surface area contributed by atoms with Gasteiger partial charge in [-0.25, -0.2) is 0 Å². The van der Waals surface area contributed by atoms with Gasteiger partial charge in [0.1, 0.15) is 0 Å². The molecule has 2 rings (SSSR count). The lowest BCUT2D eigenvalue weighted by Gasteiger charge is -2.31. The Morgan fingerprint density at radius 2 is 2.40 bits per heavy atom. The number of hydrogen-bond acceptors (Lipinski definition) is 2. The van der Waals surface area contributed by atoms with Crippen molar-refractivity contribution in [3.05, 3.63) is 24.0 Å². The normalized spacial score (nSPS) is 23.2. The quantitative estimate of drug-likeness (QED) is 0.809. The van der Waals surface area contributed by atoms with E-state index in [4.69, 9.17) is 5.11 Å². The first-order chi connectivity index (χ1) is 7.29. The topological polar surface area (TPSA) is 28.4 Å². The summed E-state index contributed by atoms with van der Waals surface area (Å²) in [5.74, 6) is 0.485. The Morgan fingerprint density at radius 1 is 1.53 bits per heavy atom. The van der Waals surface area contributed by atoms with Crippen LogP contribution in [0.25, 0.3) is 0 Å². The number of rotatable bonds is 3. The summed E-state index contributed by atoms with van der Waals surface area (Å²) in [4.78, 5) is 2.44. The van der Waals surface area contributed by atoms with E-state index in [-0.39, 0.29) is 0 Å². The fourth-order valence-corrected chi connectivity index (χ4v) is 2.33. The largest absolute Gasteiger partial charge is 0.396 e.